The van der Waals surface area contributed by atoms with Crippen molar-refractivity contribution in [3.63, 3.8) is 0 Å². The third kappa shape index (κ3) is 2.80. The number of sulfone groups is 1. The van der Waals surface area contributed by atoms with Gasteiger partial charge in [-0.2, -0.15) is 5.26 Å². The third-order valence-corrected chi connectivity index (χ3v) is 6.55. The standard InChI is InChI=1S/C15H18ClNO3S/c1-3-20-10-15(9-17)13(14(15)21(18,19)4-2)11-5-7-12(16)8-6-11/h5-8,13-14H,3-4,10H2,1-2H3/t13-,14+,15+/m1/s1. The zero-order chi connectivity index (χ0) is 15.7. The average Bonchev–Trinajstić information content (AvgIpc) is 3.16. The molecular weight excluding hydrogens is 310 g/mol. The number of hydrogen-bond donors (Lipinski definition) is 0. The van der Waals surface area contributed by atoms with Crippen LogP contribution in [0, 0.1) is 16.7 Å². The number of nitriles is 1. The maximum Gasteiger partial charge on any atom is 0.155 e. The minimum Gasteiger partial charge on any atom is -0.380 e. The number of ether oxygens (including phenoxy) is 1. The molecule has 4 nitrogen and oxygen atoms in total. The Bertz CT molecular complexity index is 650. The fourth-order valence-electron chi connectivity index (χ4n) is 2.86. The van der Waals surface area contributed by atoms with Gasteiger partial charge >= 0.3 is 0 Å². The van der Waals surface area contributed by atoms with Crippen LogP contribution in [0.15, 0.2) is 24.3 Å². The summed E-state index contributed by atoms with van der Waals surface area (Å²) in [6.45, 7) is 4.02. The maximum absolute atomic E-state index is 12.3. The first-order valence-corrected chi connectivity index (χ1v) is 8.98. The molecule has 2 rings (SSSR count). The van der Waals surface area contributed by atoms with Crippen LogP contribution in [-0.2, 0) is 14.6 Å². The van der Waals surface area contributed by atoms with Gasteiger partial charge in [-0.1, -0.05) is 30.7 Å². The van der Waals surface area contributed by atoms with Crippen molar-refractivity contribution in [3.8, 4) is 6.07 Å². The Balaban J connectivity index is 2.42. The molecule has 1 saturated carbocycles. The molecule has 0 unspecified atom stereocenters. The molecule has 0 aliphatic heterocycles. The highest BCUT2D eigenvalue weighted by Gasteiger charge is 2.71. The molecule has 114 valence electrons. The first kappa shape index (κ1) is 16.3. The summed E-state index contributed by atoms with van der Waals surface area (Å²) in [6, 6.07) is 9.21. The Kier molecular flexibility index (Phi) is 4.62. The lowest BCUT2D eigenvalue weighted by atomic mass is 10.0. The van der Waals surface area contributed by atoms with Crippen molar-refractivity contribution < 1.29 is 13.2 Å². The van der Waals surface area contributed by atoms with Crippen LogP contribution in [0.3, 0.4) is 0 Å². The van der Waals surface area contributed by atoms with Crippen LogP contribution in [0.25, 0.3) is 0 Å². The van der Waals surface area contributed by atoms with E-state index < -0.39 is 20.5 Å². The van der Waals surface area contributed by atoms with E-state index in [0.717, 1.165) is 5.56 Å². The molecule has 1 aromatic rings. The Labute approximate surface area is 130 Å². The Hall–Kier alpha value is -1.09. The molecule has 0 N–H and O–H groups in total. The van der Waals surface area contributed by atoms with Crippen LogP contribution < -0.4 is 0 Å². The summed E-state index contributed by atoms with van der Waals surface area (Å²) in [5, 5.41) is 9.46. The van der Waals surface area contributed by atoms with Gasteiger partial charge in [-0.25, -0.2) is 8.42 Å². The first-order chi connectivity index (χ1) is 9.93. The highest BCUT2D eigenvalue weighted by atomic mass is 35.5. The lowest BCUT2D eigenvalue weighted by Gasteiger charge is -2.09. The minimum atomic E-state index is -3.32. The number of nitrogens with zero attached hydrogens (tertiary/aromatic N) is 1. The Morgan fingerprint density at radius 2 is 1.95 bits per heavy atom. The molecule has 0 bridgehead atoms. The van der Waals surface area contributed by atoms with E-state index in [1.165, 1.54) is 0 Å². The lowest BCUT2D eigenvalue weighted by Crippen LogP contribution is -2.20. The van der Waals surface area contributed by atoms with Crippen LogP contribution in [0.5, 0.6) is 0 Å². The van der Waals surface area contributed by atoms with Gasteiger partial charge in [0.2, 0.25) is 0 Å². The van der Waals surface area contributed by atoms with Crippen molar-refractivity contribution in [3.05, 3.63) is 34.9 Å². The van der Waals surface area contributed by atoms with E-state index in [4.69, 9.17) is 16.3 Å². The van der Waals surface area contributed by atoms with Crippen LogP contribution in [-0.4, -0.2) is 32.6 Å². The molecule has 6 heteroatoms. The summed E-state index contributed by atoms with van der Waals surface area (Å²) in [7, 11) is -3.32. The van der Waals surface area contributed by atoms with E-state index in [-0.39, 0.29) is 18.3 Å². The summed E-state index contributed by atoms with van der Waals surface area (Å²) < 4.78 is 30.0. The van der Waals surface area contributed by atoms with Crippen LogP contribution in [0.1, 0.15) is 25.3 Å². The number of rotatable bonds is 6. The van der Waals surface area contributed by atoms with E-state index in [0.29, 0.717) is 11.6 Å². The normalized spacial score (nSPS) is 28.1. The molecule has 0 heterocycles. The van der Waals surface area contributed by atoms with Gasteiger partial charge in [-0.05, 0) is 24.6 Å². The van der Waals surface area contributed by atoms with E-state index in [2.05, 4.69) is 6.07 Å². The molecule has 1 aliphatic rings. The fourth-order valence-corrected chi connectivity index (χ4v) is 4.99. The number of halogens is 1. The van der Waals surface area contributed by atoms with Crippen LogP contribution >= 0.6 is 11.6 Å². The second-order valence-corrected chi connectivity index (χ2v) is 8.04. The fraction of sp³-hybridized carbons (Fsp3) is 0.533. The first-order valence-electron chi connectivity index (χ1n) is 6.89. The highest BCUT2D eigenvalue weighted by Crippen LogP contribution is 2.63. The second-order valence-electron chi connectivity index (χ2n) is 5.19. The number of benzene rings is 1. The van der Waals surface area contributed by atoms with Gasteiger partial charge < -0.3 is 4.74 Å². The summed E-state index contributed by atoms with van der Waals surface area (Å²) >= 11 is 5.87. The van der Waals surface area contributed by atoms with E-state index in [1.54, 1.807) is 31.2 Å². The maximum atomic E-state index is 12.3. The molecule has 3 atom stereocenters. The van der Waals surface area contributed by atoms with Crippen molar-refractivity contribution in [1.82, 2.24) is 0 Å². The molecule has 0 radical (unpaired) electrons. The topological polar surface area (TPSA) is 67.2 Å². The van der Waals surface area contributed by atoms with Crippen molar-refractivity contribution in [2.24, 2.45) is 5.41 Å². The van der Waals surface area contributed by atoms with E-state index in [1.807, 2.05) is 6.92 Å². The largest absolute Gasteiger partial charge is 0.380 e. The smallest absolute Gasteiger partial charge is 0.155 e. The van der Waals surface area contributed by atoms with Gasteiger partial charge in [0.25, 0.3) is 0 Å². The summed E-state index contributed by atoms with van der Waals surface area (Å²) in [6.07, 6.45) is 0. The van der Waals surface area contributed by atoms with Gasteiger partial charge in [0, 0.05) is 23.3 Å². The molecule has 0 saturated heterocycles. The zero-order valence-corrected chi connectivity index (χ0v) is 13.6. The van der Waals surface area contributed by atoms with Gasteiger partial charge in [-0.15, -0.1) is 0 Å². The third-order valence-electron chi connectivity index (χ3n) is 4.03. The molecule has 1 aromatic carbocycles. The van der Waals surface area contributed by atoms with E-state index in [9.17, 15) is 13.7 Å². The SMILES string of the molecule is CCOC[C@@]1(C#N)[C@H](c2ccc(Cl)cc2)[C@@H]1S(=O)(=O)CC. The van der Waals surface area contributed by atoms with Crippen molar-refractivity contribution in [2.45, 2.75) is 25.0 Å². The highest BCUT2D eigenvalue weighted by molar-refractivity contribution is 7.92. The summed E-state index contributed by atoms with van der Waals surface area (Å²) in [5.74, 6) is -0.326. The Morgan fingerprint density at radius 1 is 1.33 bits per heavy atom. The van der Waals surface area contributed by atoms with E-state index >= 15 is 0 Å². The number of hydrogen-bond acceptors (Lipinski definition) is 4. The van der Waals surface area contributed by atoms with Gasteiger partial charge in [0.05, 0.1) is 17.9 Å². The minimum absolute atomic E-state index is 0.0251. The lowest BCUT2D eigenvalue weighted by molar-refractivity contribution is 0.117. The molecular formula is C15H18ClNO3S. The second kappa shape index (κ2) is 5.96. The quantitative estimate of drug-likeness (QED) is 0.805. The molecule has 0 aromatic heterocycles. The molecule has 1 aliphatic carbocycles. The van der Waals surface area contributed by atoms with Crippen molar-refractivity contribution in [1.29, 1.82) is 5.26 Å². The van der Waals surface area contributed by atoms with Gasteiger partial charge in [0.1, 0.15) is 5.41 Å². The molecule has 1 fully saturated rings. The predicted molar refractivity (Wildman–Crippen MR) is 82.0 cm³/mol. The average molecular weight is 328 g/mol. The van der Waals surface area contributed by atoms with Crippen molar-refractivity contribution >= 4 is 21.4 Å². The zero-order valence-electron chi connectivity index (χ0n) is 12.0. The molecule has 0 spiro atoms. The van der Waals surface area contributed by atoms with Crippen LogP contribution in [0.4, 0.5) is 0 Å². The predicted octanol–water partition coefficient (Wildman–Crippen LogP) is 2.79. The monoisotopic (exact) mass is 327 g/mol. The molecule has 21 heavy (non-hydrogen) atoms. The van der Waals surface area contributed by atoms with Crippen molar-refractivity contribution in [2.75, 3.05) is 19.0 Å². The summed E-state index contributed by atoms with van der Waals surface area (Å²) in [4.78, 5) is 0. The summed E-state index contributed by atoms with van der Waals surface area (Å²) in [5.41, 5.74) is -0.165. The van der Waals surface area contributed by atoms with Crippen LogP contribution in [0.2, 0.25) is 5.02 Å². The molecule has 0 amide bonds. The van der Waals surface area contributed by atoms with Gasteiger partial charge in [0.15, 0.2) is 9.84 Å². The Morgan fingerprint density at radius 3 is 2.43 bits per heavy atom. The van der Waals surface area contributed by atoms with Gasteiger partial charge in [-0.3, -0.25) is 0 Å².